The molecule has 0 atom stereocenters. The highest BCUT2D eigenvalue weighted by Crippen LogP contribution is 2.19. The summed E-state index contributed by atoms with van der Waals surface area (Å²) in [7, 11) is 1.83. The number of nitrogens with zero attached hydrogens (tertiary/aromatic N) is 2. The fourth-order valence-electron chi connectivity index (χ4n) is 1.61. The summed E-state index contributed by atoms with van der Waals surface area (Å²) in [5.41, 5.74) is 0.616. The number of rotatable bonds is 6. The van der Waals surface area contributed by atoms with Crippen LogP contribution in [0.15, 0.2) is 16.7 Å². The van der Waals surface area contributed by atoms with Crippen molar-refractivity contribution in [3.63, 3.8) is 0 Å². The minimum Gasteiger partial charge on any atom is -0.370 e. The van der Waals surface area contributed by atoms with E-state index in [0.717, 1.165) is 30.4 Å². The summed E-state index contributed by atoms with van der Waals surface area (Å²) in [6.07, 6.45) is 3.79. The molecule has 1 amide bonds. The van der Waals surface area contributed by atoms with Crippen LogP contribution in [0.2, 0.25) is 0 Å². The number of hydrogen-bond donors (Lipinski definition) is 1. The first-order valence-corrected chi connectivity index (χ1v) is 7.04. The van der Waals surface area contributed by atoms with E-state index in [1.807, 2.05) is 20.0 Å². The molecule has 0 aliphatic carbocycles. The summed E-state index contributed by atoms with van der Waals surface area (Å²) in [4.78, 5) is 18.3. The molecule has 0 aliphatic rings. The number of carbonyl (C=O) groups excluding carboxylic acids is 1. The average molecular weight is 314 g/mol. The van der Waals surface area contributed by atoms with E-state index in [2.05, 4.69) is 33.2 Å². The van der Waals surface area contributed by atoms with Gasteiger partial charge in [0.15, 0.2) is 0 Å². The molecular weight excluding hydrogens is 294 g/mol. The Bertz CT molecular complexity index is 409. The van der Waals surface area contributed by atoms with Crippen LogP contribution >= 0.6 is 15.9 Å². The zero-order valence-corrected chi connectivity index (χ0v) is 12.7. The van der Waals surface area contributed by atoms with Gasteiger partial charge in [-0.15, -0.1) is 0 Å². The van der Waals surface area contributed by atoms with E-state index in [1.54, 1.807) is 11.1 Å². The van der Waals surface area contributed by atoms with E-state index >= 15 is 0 Å². The molecule has 0 spiro atoms. The van der Waals surface area contributed by atoms with E-state index in [1.165, 1.54) is 0 Å². The highest BCUT2D eigenvalue weighted by molar-refractivity contribution is 9.10. The largest absolute Gasteiger partial charge is 0.370 e. The highest BCUT2D eigenvalue weighted by atomic mass is 79.9. The topological polar surface area (TPSA) is 45.2 Å². The number of unbranched alkanes of at least 4 members (excludes halogenated alkanes) is 1. The molecule has 1 aromatic heterocycles. The molecular formula is C13H20BrN3O. The minimum absolute atomic E-state index is 0.00759. The van der Waals surface area contributed by atoms with Crippen molar-refractivity contribution in [2.24, 2.45) is 0 Å². The first kappa shape index (κ1) is 15.0. The van der Waals surface area contributed by atoms with Gasteiger partial charge in [-0.2, -0.15) is 0 Å². The van der Waals surface area contributed by atoms with Gasteiger partial charge in [-0.3, -0.25) is 4.79 Å². The molecule has 0 saturated heterocycles. The van der Waals surface area contributed by atoms with Crippen molar-refractivity contribution < 1.29 is 4.79 Å². The van der Waals surface area contributed by atoms with Gasteiger partial charge in [0.05, 0.1) is 5.56 Å². The van der Waals surface area contributed by atoms with Crippen LogP contribution in [0.1, 0.15) is 37.0 Å². The molecule has 0 bridgehead atoms. The number of hydrogen-bond acceptors (Lipinski definition) is 3. The van der Waals surface area contributed by atoms with Crippen LogP contribution in [0.3, 0.4) is 0 Å². The molecule has 0 fully saturated rings. The van der Waals surface area contributed by atoms with Gasteiger partial charge >= 0.3 is 0 Å². The van der Waals surface area contributed by atoms with Crippen LogP contribution in [0.4, 0.5) is 5.82 Å². The predicted molar refractivity (Wildman–Crippen MR) is 78.0 cm³/mol. The van der Waals surface area contributed by atoms with E-state index < -0.39 is 0 Å². The summed E-state index contributed by atoms with van der Waals surface area (Å²) in [5, 5.41) is 3.12. The van der Waals surface area contributed by atoms with Crippen molar-refractivity contribution >= 4 is 27.7 Å². The van der Waals surface area contributed by atoms with E-state index in [4.69, 9.17) is 0 Å². The molecule has 1 heterocycles. The Morgan fingerprint density at radius 1 is 1.50 bits per heavy atom. The van der Waals surface area contributed by atoms with Crippen LogP contribution in [0, 0.1) is 0 Å². The van der Waals surface area contributed by atoms with Crippen molar-refractivity contribution in [2.45, 2.75) is 26.7 Å². The Morgan fingerprint density at radius 2 is 2.22 bits per heavy atom. The second kappa shape index (κ2) is 7.36. The number of amides is 1. The molecule has 0 aromatic carbocycles. The van der Waals surface area contributed by atoms with Gasteiger partial charge in [0, 0.05) is 30.8 Å². The number of aromatic nitrogens is 1. The van der Waals surface area contributed by atoms with Gasteiger partial charge in [0.1, 0.15) is 5.82 Å². The number of anilines is 1. The number of pyridine rings is 1. The number of carbonyl (C=O) groups is 1. The Hall–Kier alpha value is -1.10. The van der Waals surface area contributed by atoms with Gasteiger partial charge in [-0.1, -0.05) is 13.3 Å². The van der Waals surface area contributed by atoms with Crippen molar-refractivity contribution in [1.29, 1.82) is 0 Å². The monoisotopic (exact) mass is 313 g/mol. The smallest absolute Gasteiger partial charge is 0.257 e. The Morgan fingerprint density at radius 3 is 2.83 bits per heavy atom. The third kappa shape index (κ3) is 3.98. The van der Waals surface area contributed by atoms with Crippen molar-refractivity contribution in [3.05, 3.63) is 22.3 Å². The van der Waals surface area contributed by atoms with Crippen LogP contribution in [-0.4, -0.2) is 35.9 Å². The molecule has 0 unspecified atom stereocenters. The molecule has 1 N–H and O–H groups in total. The molecule has 0 saturated carbocycles. The summed E-state index contributed by atoms with van der Waals surface area (Å²) < 4.78 is 0.816. The maximum Gasteiger partial charge on any atom is 0.257 e. The number of nitrogens with one attached hydrogen (secondary N) is 1. The average Bonchev–Trinajstić information content (AvgIpc) is 2.37. The van der Waals surface area contributed by atoms with Crippen molar-refractivity contribution in [2.75, 3.05) is 25.5 Å². The Labute approximate surface area is 117 Å². The first-order valence-electron chi connectivity index (χ1n) is 6.25. The fourth-order valence-corrected chi connectivity index (χ4v) is 1.94. The van der Waals surface area contributed by atoms with Crippen LogP contribution < -0.4 is 5.32 Å². The van der Waals surface area contributed by atoms with E-state index in [9.17, 15) is 4.79 Å². The zero-order valence-electron chi connectivity index (χ0n) is 11.2. The zero-order chi connectivity index (χ0) is 13.5. The van der Waals surface area contributed by atoms with Crippen LogP contribution in [0.25, 0.3) is 0 Å². The van der Waals surface area contributed by atoms with Gasteiger partial charge in [0.25, 0.3) is 5.91 Å². The standard InChI is InChI=1S/C13H20BrN3O/c1-4-6-7-17(3)13(18)11-8-10(14)9-16-12(11)15-5-2/h8-9H,4-7H2,1-3H3,(H,15,16). The lowest BCUT2D eigenvalue weighted by molar-refractivity contribution is 0.0794. The molecule has 5 heteroatoms. The van der Waals surface area contributed by atoms with E-state index in [-0.39, 0.29) is 5.91 Å². The maximum absolute atomic E-state index is 12.3. The van der Waals surface area contributed by atoms with Crippen LogP contribution in [-0.2, 0) is 0 Å². The van der Waals surface area contributed by atoms with Crippen molar-refractivity contribution in [1.82, 2.24) is 9.88 Å². The highest BCUT2D eigenvalue weighted by Gasteiger charge is 2.16. The molecule has 100 valence electrons. The quantitative estimate of drug-likeness (QED) is 0.877. The minimum atomic E-state index is 0.00759. The molecule has 1 aromatic rings. The SMILES string of the molecule is CCCCN(C)C(=O)c1cc(Br)cnc1NCC. The lowest BCUT2D eigenvalue weighted by Gasteiger charge is -2.18. The second-order valence-corrected chi connectivity index (χ2v) is 5.08. The van der Waals surface area contributed by atoms with E-state index in [0.29, 0.717) is 11.4 Å². The lowest BCUT2D eigenvalue weighted by atomic mass is 10.2. The maximum atomic E-state index is 12.3. The predicted octanol–water partition coefficient (Wildman–Crippen LogP) is 3.15. The Balaban J connectivity index is 2.91. The fraction of sp³-hybridized carbons (Fsp3) is 0.538. The lowest BCUT2D eigenvalue weighted by Crippen LogP contribution is -2.28. The summed E-state index contributed by atoms with van der Waals surface area (Å²) in [6, 6.07) is 1.82. The van der Waals surface area contributed by atoms with Crippen LogP contribution in [0.5, 0.6) is 0 Å². The van der Waals surface area contributed by atoms with Gasteiger partial charge in [-0.05, 0) is 35.3 Å². The summed E-state index contributed by atoms with van der Waals surface area (Å²) in [5.74, 6) is 0.655. The molecule has 1 rings (SSSR count). The summed E-state index contributed by atoms with van der Waals surface area (Å²) in [6.45, 7) is 5.61. The molecule has 4 nitrogen and oxygen atoms in total. The normalized spacial score (nSPS) is 10.2. The summed E-state index contributed by atoms with van der Waals surface area (Å²) >= 11 is 3.36. The second-order valence-electron chi connectivity index (χ2n) is 4.16. The van der Waals surface area contributed by atoms with Crippen molar-refractivity contribution in [3.8, 4) is 0 Å². The molecule has 0 radical (unpaired) electrons. The van der Waals surface area contributed by atoms with Gasteiger partial charge in [0.2, 0.25) is 0 Å². The third-order valence-corrected chi connectivity index (χ3v) is 3.06. The third-order valence-electron chi connectivity index (χ3n) is 2.62. The Kier molecular flexibility index (Phi) is 6.12. The first-order chi connectivity index (χ1) is 8.60. The van der Waals surface area contributed by atoms with Gasteiger partial charge < -0.3 is 10.2 Å². The molecule has 18 heavy (non-hydrogen) atoms. The molecule has 0 aliphatic heterocycles. The number of halogens is 1. The van der Waals surface area contributed by atoms with Gasteiger partial charge in [-0.25, -0.2) is 4.98 Å².